The summed E-state index contributed by atoms with van der Waals surface area (Å²) in [6.07, 6.45) is 3.40. The lowest BCUT2D eigenvalue weighted by molar-refractivity contribution is -0.114. The van der Waals surface area contributed by atoms with Gasteiger partial charge in [0.05, 0.1) is 5.57 Å². The number of hydrogen-bond acceptors (Lipinski definition) is 6. The van der Waals surface area contributed by atoms with E-state index in [1.165, 1.54) is 16.8 Å². The highest BCUT2D eigenvalue weighted by molar-refractivity contribution is 8.26. The van der Waals surface area contributed by atoms with Gasteiger partial charge in [0.2, 0.25) is 5.17 Å². The number of aryl methyl sites for hydroxylation is 1. The Morgan fingerprint density at radius 2 is 1.81 bits per heavy atom. The van der Waals surface area contributed by atoms with E-state index in [1.54, 1.807) is 6.08 Å². The average Bonchev–Trinajstić information content (AvgIpc) is 3.17. The first-order chi connectivity index (χ1) is 15.5. The van der Waals surface area contributed by atoms with E-state index in [0.717, 1.165) is 34.8 Å². The minimum Gasteiger partial charge on any atom is -0.490 e. The number of hydrazone groups is 1. The van der Waals surface area contributed by atoms with Crippen LogP contribution in [0.3, 0.4) is 0 Å². The summed E-state index contributed by atoms with van der Waals surface area (Å²) in [4.78, 5) is 16.7. The molecule has 4 rings (SSSR count). The number of thioether (sulfide) groups is 1. The molecular formula is C24H24N4O3S. The number of amidine groups is 2. The summed E-state index contributed by atoms with van der Waals surface area (Å²) in [6, 6.07) is 15.2. The zero-order valence-electron chi connectivity index (χ0n) is 18.0. The van der Waals surface area contributed by atoms with E-state index < -0.39 is 5.91 Å². The lowest BCUT2D eigenvalue weighted by atomic mass is 10.1. The molecule has 0 atom stereocenters. The lowest BCUT2D eigenvalue weighted by Gasteiger charge is -2.20. The summed E-state index contributed by atoms with van der Waals surface area (Å²) < 4.78 is 11.5. The number of fused-ring (bicyclic) bond motifs is 1. The Kier molecular flexibility index (Phi) is 6.70. The van der Waals surface area contributed by atoms with E-state index in [4.69, 9.17) is 14.9 Å². The Morgan fingerprint density at radius 1 is 1.09 bits per heavy atom. The van der Waals surface area contributed by atoms with Crippen LogP contribution in [0.15, 0.2) is 64.2 Å². The number of carbonyl (C=O) groups is 1. The van der Waals surface area contributed by atoms with Crippen molar-refractivity contribution in [1.29, 1.82) is 5.41 Å². The first-order valence-electron chi connectivity index (χ1n) is 10.4. The molecule has 0 aliphatic carbocycles. The molecule has 0 unspecified atom stereocenters. The molecule has 1 amide bonds. The Morgan fingerprint density at radius 3 is 2.53 bits per heavy atom. The number of hydrogen-bond donors (Lipinski definition) is 1. The number of amides is 1. The predicted molar refractivity (Wildman–Crippen MR) is 129 cm³/mol. The molecule has 8 heteroatoms. The maximum Gasteiger partial charge on any atom is 0.283 e. The first-order valence-corrected chi connectivity index (χ1v) is 11.3. The van der Waals surface area contributed by atoms with Crippen molar-refractivity contribution in [2.75, 3.05) is 13.2 Å². The lowest BCUT2D eigenvalue weighted by Crippen LogP contribution is -2.35. The predicted octanol–water partition coefficient (Wildman–Crippen LogP) is 4.87. The molecule has 0 fully saturated rings. The molecule has 0 saturated heterocycles. The molecule has 164 valence electrons. The smallest absolute Gasteiger partial charge is 0.283 e. The molecule has 0 radical (unpaired) electrons. The third-order valence-corrected chi connectivity index (χ3v) is 5.71. The summed E-state index contributed by atoms with van der Waals surface area (Å²) in [5.74, 6) is 1.08. The number of rotatable bonds is 8. The van der Waals surface area contributed by atoms with Gasteiger partial charge in [-0.1, -0.05) is 31.2 Å². The van der Waals surface area contributed by atoms with E-state index in [1.807, 2.05) is 55.5 Å². The second-order valence-corrected chi connectivity index (χ2v) is 8.39. The molecule has 2 aliphatic heterocycles. The molecule has 0 saturated carbocycles. The molecule has 7 nitrogen and oxygen atoms in total. The standard InChI is InChI=1S/C24H24N4O3S/c1-3-6-21-27-28-22(25)20(23(29)26-24(28)32-21)15-17-8-5-10-19(14-17)31-12-11-30-18-9-4-7-16(2)13-18/h4-5,7-10,13-15,25H,3,6,11-12H2,1-2H3. The van der Waals surface area contributed by atoms with Gasteiger partial charge in [-0.05, 0) is 73.0 Å². The van der Waals surface area contributed by atoms with Crippen LogP contribution in [0, 0.1) is 12.3 Å². The third kappa shape index (κ3) is 5.08. The van der Waals surface area contributed by atoms with E-state index >= 15 is 0 Å². The normalized spacial score (nSPS) is 16.7. The molecule has 2 aliphatic rings. The van der Waals surface area contributed by atoms with Crippen molar-refractivity contribution in [3.05, 3.63) is 65.2 Å². The average molecular weight is 449 g/mol. The number of carbonyl (C=O) groups excluding carboxylic acids is 1. The Labute approximate surface area is 191 Å². The van der Waals surface area contributed by atoms with Gasteiger partial charge >= 0.3 is 0 Å². The molecule has 0 spiro atoms. The topological polar surface area (TPSA) is 87.3 Å². The van der Waals surface area contributed by atoms with Gasteiger partial charge in [0.1, 0.15) is 29.8 Å². The number of aliphatic imine (C=N–C) groups is 1. The molecule has 0 aromatic heterocycles. The highest BCUT2D eigenvalue weighted by atomic mass is 32.2. The summed E-state index contributed by atoms with van der Waals surface area (Å²) >= 11 is 1.35. The van der Waals surface area contributed by atoms with Gasteiger partial charge < -0.3 is 9.47 Å². The SMILES string of the molecule is CCCC1=NN2C(=N)C(=Cc3cccc(OCCOc4cccc(C)c4)c3)C(=O)N=C2S1. The minimum atomic E-state index is -0.431. The first kappa shape index (κ1) is 21.8. The highest BCUT2D eigenvalue weighted by Gasteiger charge is 2.35. The van der Waals surface area contributed by atoms with E-state index in [-0.39, 0.29) is 11.4 Å². The van der Waals surface area contributed by atoms with Crippen molar-refractivity contribution in [2.24, 2.45) is 10.1 Å². The van der Waals surface area contributed by atoms with Gasteiger partial charge in [0.25, 0.3) is 5.91 Å². The van der Waals surface area contributed by atoms with Gasteiger partial charge in [-0.25, -0.2) is 0 Å². The Hall–Kier alpha value is -3.39. The van der Waals surface area contributed by atoms with Gasteiger partial charge in [0, 0.05) is 0 Å². The largest absolute Gasteiger partial charge is 0.490 e. The van der Waals surface area contributed by atoms with Crippen molar-refractivity contribution in [3.8, 4) is 11.5 Å². The van der Waals surface area contributed by atoms with Crippen LogP contribution in [0.25, 0.3) is 6.08 Å². The molecular weight excluding hydrogens is 424 g/mol. The summed E-state index contributed by atoms with van der Waals surface area (Å²) in [5.41, 5.74) is 2.09. The second kappa shape index (κ2) is 9.82. The van der Waals surface area contributed by atoms with Crippen LogP contribution < -0.4 is 9.47 Å². The molecule has 2 aromatic carbocycles. The Bertz CT molecular complexity index is 1140. The van der Waals surface area contributed by atoms with Crippen molar-refractivity contribution in [1.82, 2.24) is 5.01 Å². The van der Waals surface area contributed by atoms with Gasteiger partial charge in [-0.3, -0.25) is 10.2 Å². The van der Waals surface area contributed by atoms with E-state index in [9.17, 15) is 4.79 Å². The molecule has 32 heavy (non-hydrogen) atoms. The number of nitrogens with zero attached hydrogens (tertiary/aromatic N) is 3. The summed E-state index contributed by atoms with van der Waals surface area (Å²) in [7, 11) is 0. The van der Waals surface area contributed by atoms with Crippen LogP contribution in [0.1, 0.15) is 30.9 Å². The molecule has 0 bridgehead atoms. The van der Waals surface area contributed by atoms with Crippen molar-refractivity contribution in [3.63, 3.8) is 0 Å². The summed E-state index contributed by atoms with van der Waals surface area (Å²) in [5, 5.41) is 15.6. The quantitative estimate of drug-likeness (QED) is 0.460. The number of ether oxygens (including phenoxy) is 2. The monoisotopic (exact) mass is 448 g/mol. The van der Waals surface area contributed by atoms with Gasteiger partial charge in [-0.15, -0.1) is 0 Å². The maximum atomic E-state index is 12.5. The fraction of sp³-hybridized carbons (Fsp3) is 0.250. The summed E-state index contributed by atoms with van der Waals surface area (Å²) in [6.45, 7) is 4.88. The van der Waals surface area contributed by atoms with Crippen molar-refractivity contribution in [2.45, 2.75) is 26.7 Å². The van der Waals surface area contributed by atoms with Crippen molar-refractivity contribution < 1.29 is 14.3 Å². The van der Waals surface area contributed by atoms with Crippen LogP contribution in [0.4, 0.5) is 0 Å². The number of benzene rings is 2. The van der Waals surface area contributed by atoms with Crippen LogP contribution in [0.2, 0.25) is 0 Å². The molecule has 2 heterocycles. The van der Waals surface area contributed by atoms with Crippen LogP contribution in [-0.2, 0) is 4.79 Å². The van der Waals surface area contributed by atoms with Crippen molar-refractivity contribution >= 4 is 39.8 Å². The van der Waals surface area contributed by atoms with Crippen LogP contribution in [-0.4, -0.2) is 40.2 Å². The molecule has 2 aromatic rings. The fourth-order valence-electron chi connectivity index (χ4n) is 3.23. The van der Waals surface area contributed by atoms with Gasteiger partial charge in [-0.2, -0.15) is 15.1 Å². The maximum absolute atomic E-state index is 12.5. The second-order valence-electron chi connectivity index (χ2n) is 7.35. The molecule has 1 N–H and O–H groups in total. The van der Waals surface area contributed by atoms with E-state index in [0.29, 0.717) is 24.1 Å². The zero-order chi connectivity index (χ0) is 22.5. The van der Waals surface area contributed by atoms with Crippen LogP contribution >= 0.6 is 11.8 Å². The van der Waals surface area contributed by atoms with E-state index in [2.05, 4.69) is 17.0 Å². The number of nitrogens with one attached hydrogen (secondary N) is 1. The van der Waals surface area contributed by atoms with Gasteiger partial charge in [0.15, 0.2) is 5.84 Å². The highest BCUT2D eigenvalue weighted by Crippen LogP contribution is 2.30. The zero-order valence-corrected chi connectivity index (χ0v) is 18.8. The fourth-order valence-corrected chi connectivity index (χ4v) is 4.22. The minimum absolute atomic E-state index is 0.0384. The Balaban J connectivity index is 1.41. The third-order valence-electron chi connectivity index (χ3n) is 4.74. The van der Waals surface area contributed by atoms with Crippen LogP contribution in [0.5, 0.6) is 11.5 Å².